The Bertz CT molecular complexity index is 711. The molecule has 2 aromatic rings. The summed E-state index contributed by atoms with van der Waals surface area (Å²) in [5.41, 5.74) is 1.21. The van der Waals surface area contributed by atoms with E-state index in [-0.39, 0.29) is 10.9 Å². The molecule has 2 aromatic heterocycles. The highest BCUT2D eigenvalue weighted by atomic mass is 35.5. The average Bonchev–Trinajstić information content (AvgIpc) is 3.15. The van der Waals surface area contributed by atoms with Crippen molar-refractivity contribution in [2.75, 3.05) is 0 Å². The predicted molar refractivity (Wildman–Crippen MR) is 69.2 cm³/mol. The lowest BCUT2D eigenvalue weighted by atomic mass is 10.3. The van der Waals surface area contributed by atoms with Gasteiger partial charge in [-0.15, -0.1) is 0 Å². The number of nitriles is 1. The lowest BCUT2D eigenvalue weighted by molar-refractivity contribution is 0.319. The maximum atomic E-state index is 9.01. The van der Waals surface area contributed by atoms with Gasteiger partial charge in [-0.1, -0.05) is 16.8 Å². The standard InChI is InChI=1S/C12H10ClN5O/c13-11-10-9(3-4-15-11)18(6-7-1-2-7)12(16-10)8(5-14)17-19/h3-4,7,19H,1-2,6H2/b17-8+. The molecule has 0 amide bonds. The van der Waals surface area contributed by atoms with Gasteiger partial charge in [-0.05, 0) is 24.8 Å². The molecule has 6 nitrogen and oxygen atoms in total. The Labute approximate surface area is 113 Å². The zero-order valence-corrected chi connectivity index (χ0v) is 10.7. The fraction of sp³-hybridized carbons (Fsp3) is 0.333. The Balaban J connectivity index is 2.24. The van der Waals surface area contributed by atoms with Crippen LogP contribution < -0.4 is 0 Å². The van der Waals surface area contributed by atoms with Crippen molar-refractivity contribution in [1.29, 1.82) is 5.26 Å². The van der Waals surface area contributed by atoms with Gasteiger partial charge in [-0.3, -0.25) is 0 Å². The summed E-state index contributed by atoms with van der Waals surface area (Å²) in [5.74, 6) is 0.920. The molecule has 0 aliphatic heterocycles. The van der Waals surface area contributed by atoms with E-state index in [1.807, 2.05) is 10.6 Å². The van der Waals surface area contributed by atoms with E-state index < -0.39 is 0 Å². The van der Waals surface area contributed by atoms with E-state index in [0.717, 1.165) is 24.9 Å². The molecular weight excluding hydrogens is 266 g/mol. The molecule has 0 bridgehead atoms. The third-order valence-corrected chi connectivity index (χ3v) is 3.45. The third-order valence-electron chi connectivity index (χ3n) is 3.18. The van der Waals surface area contributed by atoms with Crippen LogP contribution in [0.5, 0.6) is 0 Å². The van der Waals surface area contributed by atoms with E-state index in [1.165, 1.54) is 0 Å². The van der Waals surface area contributed by atoms with Gasteiger partial charge < -0.3 is 9.77 Å². The summed E-state index contributed by atoms with van der Waals surface area (Å²) in [4.78, 5) is 8.26. The quantitative estimate of drug-likeness (QED) is 0.403. The van der Waals surface area contributed by atoms with Gasteiger partial charge in [0.25, 0.3) is 0 Å². The second-order valence-electron chi connectivity index (χ2n) is 4.52. The predicted octanol–water partition coefficient (Wildman–Crippen LogP) is 2.20. The number of nitrogens with zero attached hydrogens (tertiary/aromatic N) is 5. The zero-order valence-electron chi connectivity index (χ0n) is 9.91. The molecule has 1 saturated carbocycles. The first-order valence-electron chi connectivity index (χ1n) is 5.88. The highest BCUT2D eigenvalue weighted by Gasteiger charge is 2.26. The van der Waals surface area contributed by atoms with Crippen LogP contribution in [0.2, 0.25) is 5.15 Å². The summed E-state index contributed by atoms with van der Waals surface area (Å²) in [6, 6.07) is 3.63. The number of aromatic nitrogens is 3. The number of fused-ring (bicyclic) bond motifs is 1. The van der Waals surface area contributed by atoms with Crippen molar-refractivity contribution >= 4 is 28.3 Å². The maximum Gasteiger partial charge on any atom is 0.222 e. The van der Waals surface area contributed by atoms with Gasteiger partial charge in [0.1, 0.15) is 11.6 Å². The summed E-state index contributed by atoms with van der Waals surface area (Å²) in [5, 5.41) is 21.2. The third kappa shape index (κ3) is 2.02. The lowest BCUT2D eigenvalue weighted by Gasteiger charge is -2.06. The number of hydrogen-bond acceptors (Lipinski definition) is 5. The number of halogens is 1. The summed E-state index contributed by atoms with van der Waals surface area (Å²) in [6.07, 6.45) is 3.92. The van der Waals surface area contributed by atoms with E-state index in [4.69, 9.17) is 22.1 Å². The fourth-order valence-electron chi connectivity index (χ4n) is 2.06. The second-order valence-corrected chi connectivity index (χ2v) is 4.88. The van der Waals surface area contributed by atoms with Gasteiger partial charge in [0, 0.05) is 12.7 Å². The molecule has 0 saturated heterocycles. The van der Waals surface area contributed by atoms with Crippen molar-refractivity contribution in [3.05, 3.63) is 23.2 Å². The zero-order chi connectivity index (χ0) is 13.4. The van der Waals surface area contributed by atoms with Crippen LogP contribution in [0.1, 0.15) is 18.7 Å². The molecule has 19 heavy (non-hydrogen) atoms. The molecule has 1 aliphatic rings. The summed E-state index contributed by atoms with van der Waals surface area (Å²) in [7, 11) is 0. The number of oxime groups is 1. The Morgan fingerprint density at radius 2 is 2.42 bits per heavy atom. The Morgan fingerprint density at radius 1 is 1.63 bits per heavy atom. The van der Waals surface area contributed by atoms with Gasteiger partial charge in [0.15, 0.2) is 11.0 Å². The minimum atomic E-state index is -0.118. The number of pyridine rings is 1. The van der Waals surface area contributed by atoms with Crippen LogP contribution in [0.25, 0.3) is 11.0 Å². The normalized spacial score (nSPS) is 15.7. The van der Waals surface area contributed by atoms with E-state index in [2.05, 4.69) is 15.1 Å². The molecule has 1 fully saturated rings. The summed E-state index contributed by atoms with van der Waals surface area (Å²) in [6.45, 7) is 0.743. The highest BCUT2D eigenvalue weighted by molar-refractivity contribution is 6.33. The maximum absolute atomic E-state index is 9.01. The van der Waals surface area contributed by atoms with Gasteiger partial charge in [-0.2, -0.15) is 5.26 Å². The van der Waals surface area contributed by atoms with Crippen molar-refractivity contribution in [3.63, 3.8) is 0 Å². The number of rotatable bonds is 3. The number of imidazole rings is 1. The molecule has 96 valence electrons. The largest absolute Gasteiger partial charge is 0.410 e. The first kappa shape index (κ1) is 11.9. The van der Waals surface area contributed by atoms with Crippen LogP contribution >= 0.6 is 11.6 Å². The molecule has 3 rings (SSSR count). The van der Waals surface area contributed by atoms with E-state index in [0.29, 0.717) is 17.3 Å². The van der Waals surface area contributed by atoms with Crippen LogP contribution in [-0.2, 0) is 6.54 Å². The van der Waals surface area contributed by atoms with Crippen molar-refractivity contribution < 1.29 is 5.21 Å². The highest BCUT2D eigenvalue weighted by Crippen LogP contribution is 2.33. The van der Waals surface area contributed by atoms with Gasteiger partial charge in [-0.25, -0.2) is 9.97 Å². The van der Waals surface area contributed by atoms with Gasteiger partial charge >= 0.3 is 0 Å². The molecule has 0 atom stereocenters. The minimum absolute atomic E-state index is 0.118. The number of hydrogen-bond donors (Lipinski definition) is 1. The van der Waals surface area contributed by atoms with Crippen LogP contribution in [0.3, 0.4) is 0 Å². The Hall–Kier alpha value is -2.13. The van der Waals surface area contributed by atoms with Crippen molar-refractivity contribution in [3.8, 4) is 6.07 Å². The van der Waals surface area contributed by atoms with E-state index in [1.54, 1.807) is 12.3 Å². The Kier molecular flexibility index (Phi) is 2.84. The summed E-state index contributed by atoms with van der Waals surface area (Å²) < 4.78 is 1.87. The molecule has 0 radical (unpaired) electrons. The van der Waals surface area contributed by atoms with Crippen molar-refractivity contribution in [2.45, 2.75) is 19.4 Å². The molecule has 1 aliphatic carbocycles. The monoisotopic (exact) mass is 275 g/mol. The van der Waals surface area contributed by atoms with Crippen molar-refractivity contribution in [2.24, 2.45) is 11.1 Å². The SMILES string of the molecule is N#C/C(=N\O)c1nc2c(Cl)nccc2n1CC1CC1. The molecule has 7 heteroatoms. The molecular formula is C12H10ClN5O. The van der Waals surface area contributed by atoms with Crippen LogP contribution in [0, 0.1) is 17.2 Å². The minimum Gasteiger partial charge on any atom is -0.410 e. The average molecular weight is 276 g/mol. The first-order chi connectivity index (χ1) is 9.24. The topological polar surface area (TPSA) is 87.1 Å². The molecule has 2 heterocycles. The first-order valence-corrected chi connectivity index (χ1v) is 6.25. The van der Waals surface area contributed by atoms with E-state index in [9.17, 15) is 0 Å². The van der Waals surface area contributed by atoms with Gasteiger partial charge in [0.2, 0.25) is 5.71 Å². The van der Waals surface area contributed by atoms with Gasteiger partial charge in [0.05, 0.1) is 5.52 Å². The fourth-order valence-corrected chi connectivity index (χ4v) is 2.26. The Morgan fingerprint density at radius 3 is 3.05 bits per heavy atom. The van der Waals surface area contributed by atoms with Crippen LogP contribution in [-0.4, -0.2) is 25.5 Å². The van der Waals surface area contributed by atoms with Crippen LogP contribution in [0.4, 0.5) is 0 Å². The molecule has 0 aromatic carbocycles. The molecule has 1 N–H and O–H groups in total. The second kappa shape index (κ2) is 4.52. The summed E-state index contributed by atoms with van der Waals surface area (Å²) >= 11 is 6.01. The smallest absolute Gasteiger partial charge is 0.222 e. The lowest BCUT2D eigenvalue weighted by Crippen LogP contribution is -2.11. The van der Waals surface area contributed by atoms with Crippen LogP contribution in [0.15, 0.2) is 17.4 Å². The molecule has 0 unspecified atom stereocenters. The van der Waals surface area contributed by atoms with E-state index >= 15 is 0 Å². The van der Waals surface area contributed by atoms with Crippen molar-refractivity contribution in [1.82, 2.24) is 14.5 Å². The molecule has 0 spiro atoms.